The number of aliphatic imine (C=N–C) groups is 1. The molecule has 1 aromatic carbocycles. The van der Waals surface area contributed by atoms with E-state index in [-0.39, 0.29) is 0 Å². The first kappa shape index (κ1) is 12.5. The van der Waals surface area contributed by atoms with Gasteiger partial charge in [-0.05, 0) is 18.6 Å². The van der Waals surface area contributed by atoms with Gasteiger partial charge in [0, 0.05) is 19.0 Å². The third kappa shape index (κ3) is 3.03. The quantitative estimate of drug-likeness (QED) is 0.643. The smallest absolute Gasteiger partial charge is 0.191 e. The van der Waals surface area contributed by atoms with Crippen LogP contribution in [0, 0.1) is 0 Å². The molecule has 0 aliphatic carbocycles. The molecule has 0 fully saturated rings. The number of guanidine groups is 1. The maximum Gasteiger partial charge on any atom is 0.191 e. The van der Waals surface area contributed by atoms with Gasteiger partial charge in [0.2, 0.25) is 0 Å². The van der Waals surface area contributed by atoms with Crippen LogP contribution in [0.3, 0.4) is 0 Å². The summed E-state index contributed by atoms with van der Waals surface area (Å²) in [6, 6.07) is 10.1. The number of hydrogen-bond donors (Lipinski definition) is 2. The summed E-state index contributed by atoms with van der Waals surface area (Å²) < 4.78 is 5.72. The molecule has 4 heteroatoms. The lowest BCUT2D eigenvalue weighted by atomic mass is 10.2. The first-order valence-corrected chi connectivity index (χ1v) is 6.25. The Balaban J connectivity index is 1.97. The van der Waals surface area contributed by atoms with Crippen LogP contribution in [0.25, 0.3) is 11.0 Å². The molecule has 2 rings (SSSR count). The van der Waals surface area contributed by atoms with Crippen molar-refractivity contribution in [1.29, 1.82) is 0 Å². The van der Waals surface area contributed by atoms with E-state index in [1.807, 2.05) is 24.3 Å². The number of rotatable bonds is 4. The summed E-state index contributed by atoms with van der Waals surface area (Å²) in [5.41, 5.74) is 0.922. The van der Waals surface area contributed by atoms with Crippen molar-refractivity contribution in [2.24, 2.45) is 4.99 Å². The second-order valence-electron chi connectivity index (χ2n) is 4.10. The average molecular weight is 245 g/mol. The van der Waals surface area contributed by atoms with E-state index in [0.29, 0.717) is 6.54 Å². The van der Waals surface area contributed by atoms with Gasteiger partial charge >= 0.3 is 0 Å². The normalized spacial score (nSPS) is 11.8. The highest BCUT2D eigenvalue weighted by Crippen LogP contribution is 2.18. The molecule has 0 radical (unpaired) electrons. The SMILES string of the molecule is CCCNC(=NC)NCc1cc2ccccc2o1. The first-order chi connectivity index (χ1) is 8.83. The van der Waals surface area contributed by atoms with Crippen LogP contribution in [-0.2, 0) is 6.54 Å². The molecule has 2 aromatic rings. The van der Waals surface area contributed by atoms with E-state index in [1.165, 1.54) is 0 Å². The molecular formula is C14H19N3O. The number of furan rings is 1. The maximum absolute atomic E-state index is 5.72. The molecular weight excluding hydrogens is 226 g/mol. The molecule has 0 saturated carbocycles. The summed E-state index contributed by atoms with van der Waals surface area (Å²) in [7, 11) is 1.77. The Kier molecular flexibility index (Phi) is 4.23. The van der Waals surface area contributed by atoms with E-state index < -0.39 is 0 Å². The maximum atomic E-state index is 5.72. The molecule has 0 aliphatic rings. The Bertz CT molecular complexity index is 498. The van der Waals surface area contributed by atoms with Gasteiger partial charge < -0.3 is 15.1 Å². The molecule has 0 amide bonds. The zero-order chi connectivity index (χ0) is 12.8. The highest BCUT2D eigenvalue weighted by molar-refractivity contribution is 5.80. The molecule has 4 nitrogen and oxygen atoms in total. The van der Waals surface area contributed by atoms with Crippen molar-refractivity contribution in [2.45, 2.75) is 19.9 Å². The van der Waals surface area contributed by atoms with Crippen molar-refractivity contribution in [1.82, 2.24) is 10.6 Å². The van der Waals surface area contributed by atoms with Crippen LogP contribution in [0.4, 0.5) is 0 Å². The van der Waals surface area contributed by atoms with Gasteiger partial charge in [-0.3, -0.25) is 4.99 Å². The van der Waals surface area contributed by atoms with Crippen LogP contribution in [-0.4, -0.2) is 19.6 Å². The lowest BCUT2D eigenvalue weighted by Crippen LogP contribution is -2.37. The fraction of sp³-hybridized carbons (Fsp3) is 0.357. The number of nitrogens with one attached hydrogen (secondary N) is 2. The Hall–Kier alpha value is -1.97. The van der Waals surface area contributed by atoms with E-state index in [9.17, 15) is 0 Å². The highest BCUT2D eigenvalue weighted by atomic mass is 16.3. The fourth-order valence-electron chi connectivity index (χ4n) is 1.76. The minimum atomic E-state index is 0.637. The monoisotopic (exact) mass is 245 g/mol. The predicted molar refractivity (Wildman–Crippen MR) is 74.7 cm³/mol. The van der Waals surface area contributed by atoms with Gasteiger partial charge in [-0.25, -0.2) is 0 Å². The van der Waals surface area contributed by atoms with Crippen molar-refractivity contribution < 1.29 is 4.42 Å². The molecule has 0 unspecified atom stereocenters. The van der Waals surface area contributed by atoms with Crippen molar-refractivity contribution in [3.63, 3.8) is 0 Å². The first-order valence-electron chi connectivity index (χ1n) is 6.25. The van der Waals surface area contributed by atoms with E-state index >= 15 is 0 Å². The van der Waals surface area contributed by atoms with Crippen LogP contribution in [0.1, 0.15) is 19.1 Å². The average Bonchev–Trinajstić information content (AvgIpc) is 2.81. The molecule has 0 saturated heterocycles. The molecule has 0 aliphatic heterocycles. The summed E-state index contributed by atoms with van der Waals surface area (Å²) in [6.07, 6.45) is 1.07. The molecule has 0 spiro atoms. The fourth-order valence-corrected chi connectivity index (χ4v) is 1.76. The van der Waals surface area contributed by atoms with Gasteiger partial charge in [-0.15, -0.1) is 0 Å². The van der Waals surface area contributed by atoms with Crippen molar-refractivity contribution in [2.75, 3.05) is 13.6 Å². The van der Waals surface area contributed by atoms with Gasteiger partial charge in [-0.1, -0.05) is 25.1 Å². The van der Waals surface area contributed by atoms with Crippen LogP contribution in [0.15, 0.2) is 39.7 Å². The zero-order valence-corrected chi connectivity index (χ0v) is 10.9. The highest BCUT2D eigenvalue weighted by Gasteiger charge is 2.03. The van der Waals surface area contributed by atoms with Crippen molar-refractivity contribution in [3.8, 4) is 0 Å². The van der Waals surface area contributed by atoms with E-state index in [1.54, 1.807) is 7.05 Å². The molecule has 0 bridgehead atoms. The van der Waals surface area contributed by atoms with Crippen molar-refractivity contribution >= 4 is 16.9 Å². The van der Waals surface area contributed by atoms with E-state index in [2.05, 4.69) is 28.6 Å². The number of para-hydroxylation sites is 1. The van der Waals surface area contributed by atoms with Gasteiger partial charge in [0.05, 0.1) is 6.54 Å². The van der Waals surface area contributed by atoms with Crippen LogP contribution in [0.5, 0.6) is 0 Å². The van der Waals surface area contributed by atoms with Crippen LogP contribution in [0.2, 0.25) is 0 Å². The van der Waals surface area contributed by atoms with Crippen molar-refractivity contribution in [3.05, 3.63) is 36.1 Å². The summed E-state index contributed by atoms with van der Waals surface area (Å²) in [4.78, 5) is 4.15. The second kappa shape index (κ2) is 6.10. The minimum Gasteiger partial charge on any atom is -0.459 e. The van der Waals surface area contributed by atoms with Crippen LogP contribution >= 0.6 is 0 Å². The molecule has 2 N–H and O–H groups in total. The topological polar surface area (TPSA) is 49.6 Å². The Morgan fingerprint density at radius 3 is 2.83 bits per heavy atom. The zero-order valence-electron chi connectivity index (χ0n) is 10.9. The van der Waals surface area contributed by atoms with E-state index in [0.717, 1.165) is 35.7 Å². The third-order valence-corrected chi connectivity index (χ3v) is 2.67. The second-order valence-corrected chi connectivity index (χ2v) is 4.10. The van der Waals surface area contributed by atoms with Gasteiger partial charge in [-0.2, -0.15) is 0 Å². The summed E-state index contributed by atoms with van der Waals surface area (Å²) in [6.45, 7) is 3.68. The summed E-state index contributed by atoms with van der Waals surface area (Å²) >= 11 is 0. The molecule has 18 heavy (non-hydrogen) atoms. The number of fused-ring (bicyclic) bond motifs is 1. The van der Waals surface area contributed by atoms with Gasteiger partial charge in [0.15, 0.2) is 5.96 Å². The lowest BCUT2D eigenvalue weighted by molar-refractivity contribution is 0.538. The third-order valence-electron chi connectivity index (χ3n) is 2.67. The van der Waals surface area contributed by atoms with E-state index in [4.69, 9.17) is 4.42 Å². The Labute approximate surface area is 107 Å². The predicted octanol–water partition coefficient (Wildman–Crippen LogP) is 2.51. The van der Waals surface area contributed by atoms with Gasteiger partial charge in [0.25, 0.3) is 0 Å². The summed E-state index contributed by atoms with van der Waals surface area (Å²) in [5.74, 6) is 1.72. The lowest BCUT2D eigenvalue weighted by Gasteiger charge is -2.09. The molecule has 96 valence electrons. The number of nitrogens with zero attached hydrogens (tertiary/aromatic N) is 1. The molecule has 1 aromatic heterocycles. The Morgan fingerprint density at radius 2 is 2.11 bits per heavy atom. The number of hydrogen-bond acceptors (Lipinski definition) is 2. The number of benzene rings is 1. The van der Waals surface area contributed by atoms with Crippen LogP contribution < -0.4 is 10.6 Å². The molecule has 1 heterocycles. The largest absolute Gasteiger partial charge is 0.459 e. The molecule has 0 atom stereocenters. The minimum absolute atomic E-state index is 0.637. The summed E-state index contributed by atoms with van der Waals surface area (Å²) in [5, 5.41) is 7.58. The standard InChI is InChI=1S/C14H19N3O/c1-3-8-16-14(15-2)17-10-12-9-11-6-4-5-7-13(11)18-12/h4-7,9H,3,8,10H2,1-2H3,(H2,15,16,17). The van der Waals surface area contributed by atoms with Gasteiger partial charge in [0.1, 0.15) is 11.3 Å². The Morgan fingerprint density at radius 1 is 1.28 bits per heavy atom.